The van der Waals surface area contributed by atoms with Crippen molar-refractivity contribution in [3.8, 4) is 0 Å². The highest BCUT2D eigenvalue weighted by molar-refractivity contribution is 5.87. The Morgan fingerprint density at radius 2 is 2.05 bits per heavy atom. The van der Waals surface area contributed by atoms with E-state index in [4.69, 9.17) is 4.52 Å². The number of alkyl halides is 2. The summed E-state index contributed by atoms with van der Waals surface area (Å²) >= 11 is 0. The van der Waals surface area contributed by atoms with Crippen LogP contribution in [0.4, 0.5) is 20.3 Å². The van der Waals surface area contributed by atoms with E-state index in [9.17, 15) is 8.78 Å². The first-order valence-electron chi connectivity index (χ1n) is 6.00. The molecule has 20 heavy (non-hydrogen) atoms. The van der Waals surface area contributed by atoms with Gasteiger partial charge in [0.25, 0.3) is 11.6 Å². The average molecular weight is 275 g/mol. The van der Waals surface area contributed by atoms with Crippen molar-refractivity contribution in [2.45, 2.75) is 12.8 Å². The third kappa shape index (κ3) is 2.32. The van der Waals surface area contributed by atoms with E-state index in [1.807, 2.05) is 0 Å². The summed E-state index contributed by atoms with van der Waals surface area (Å²) in [5.41, 5.74) is 0.850. The summed E-state index contributed by atoms with van der Waals surface area (Å²) in [6.07, 6.45) is 1.59. The molecule has 102 valence electrons. The molecule has 0 fully saturated rings. The molecule has 0 amide bonds. The summed E-state index contributed by atoms with van der Waals surface area (Å²) in [5, 5.41) is 7.50. The van der Waals surface area contributed by atoms with E-state index in [0.717, 1.165) is 6.92 Å². The Kier molecular flexibility index (Phi) is 2.85. The van der Waals surface area contributed by atoms with Gasteiger partial charge in [0.1, 0.15) is 0 Å². The second-order valence-corrected chi connectivity index (χ2v) is 4.48. The fourth-order valence-corrected chi connectivity index (χ4v) is 1.88. The highest BCUT2D eigenvalue weighted by Gasteiger charge is 2.24. The number of rotatable bonds is 3. The molecule has 0 saturated carbocycles. The van der Waals surface area contributed by atoms with Gasteiger partial charge in [0, 0.05) is 24.4 Å². The van der Waals surface area contributed by atoms with Gasteiger partial charge in [-0.15, -0.1) is 0 Å². The average Bonchev–Trinajstić information content (AvgIpc) is 2.82. The van der Waals surface area contributed by atoms with Gasteiger partial charge in [0.15, 0.2) is 5.82 Å². The summed E-state index contributed by atoms with van der Waals surface area (Å²) in [6.45, 7) is 0.863. The molecule has 6 heteroatoms. The van der Waals surface area contributed by atoms with E-state index in [1.165, 1.54) is 12.1 Å². The van der Waals surface area contributed by atoms with Crippen LogP contribution in [-0.2, 0) is 5.92 Å². The first-order valence-corrected chi connectivity index (χ1v) is 6.00. The molecule has 0 unspecified atom stereocenters. The van der Waals surface area contributed by atoms with Crippen LogP contribution in [0, 0.1) is 0 Å². The normalized spacial score (nSPS) is 11.8. The second-order valence-electron chi connectivity index (χ2n) is 4.48. The quantitative estimate of drug-likeness (QED) is 0.782. The minimum absolute atomic E-state index is 0.0616. The maximum atomic E-state index is 13.3. The first-order chi connectivity index (χ1) is 9.54. The Morgan fingerprint density at radius 1 is 1.20 bits per heavy atom. The number of nitrogens with zero attached hydrogens (tertiary/aromatic N) is 2. The molecule has 1 N–H and O–H groups in total. The standard InChI is InChI=1S/C14H11F2N3O/c1-14(15,16)9-4-2-5-10(8-9)18-12-11-6-3-7-17-13(11)20-19-12/h2-8H,1H3,(H,18,19). The van der Waals surface area contributed by atoms with Crippen molar-refractivity contribution in [1.82, 2.24) is 10.1 Å². The Hall–Kier alpha value is -2.50. The second kappa shape index (κ2) is 4.56. The number of anilines is 2. The van der Waals surface area contributed by atoms with Gasteiger partial charge < -0.3 is 9.84 Å². The molecule has 0 aliphatic heterocycles. The molecule has 0 aliphatic rings. The Bertz CT molecular complexity index is 749. The van der Waals surface area contributed by atoms with Gasteiger partial charge in [-0.25, -0.2) is 13.8 Å². The zero-order chi connectivity index (χ0) is 14.2. The van der Waals surface area contributed by atoms with E-state index in [2.05, 4.69) is 15.5 Å². The third-order valence-corrected chi connectivity index (χ3v) is 2.88. The zero-order valence-electron chi connectivity index (χ0n) is 10.6. The minimum atomic E-state index is -2.88. The van der Waals surface area contributed by atoms with Crippen LogP contribution < -0.4 is 5.32 Å². The van der Waals surface area contributed by atoms with Gasteiger partial charge in [0.2, 0.25) is 0 Å². The fourth-order valence-electron chi connectivity index (χ4n) is 1.88. The van der Waals surface area contributed by atoms with Crippen molar-refractivity contribution in [2.75, 3.05) is 5.32 Å². The van der Waals surface area contributed by atoms with Gasteiger partial charge >= 0.3 is 0 Å². The number of pyridine rings is 1. The monoisotopic (exact) mass is 275 g/mol. The van der Waals surface area contributed by atoms with Crippen LogP contribution in [0.15, 0.2) is 47.1 Å². The number of nitrogens with one attached hydrogen (secondary N) is 1. The SMILES string of the molecule is CC(F)(F)c1cccc(Nc2noc3ncccc23)c1. The molecule has 0 aliphatic carbocycles. The van der Waals surface area contributed by atoms with Crippen LogP contribution in [0.2, 0.25) is 0 Å². The Morgan fingerprint density at radius 3 is 2.85 bits per heavy atom. The van der Waals surface area contributed by atoms with Crippen LogP contribution in [0.5, 0.6) is 0 Å². The minimum Gasteiger partial charge on any atom is -0.337 e. The lowest BCUT2D eigenvalue weighted by Crippen LogP contribution is -2.07. The summed E-state index contributed by atoms with van der Waals surface area (Å²) in [5.74, 6) is -2.44. The lowest BCUT2D eigenvalue weighted by molar-refractivity contribution is 0.0175. The molecule has 0 spiro atoms. The van der Waals surface area contributed by atoms with Crippen molar-refractivity contribution in [2.24, 2.45) is 0 Å². The predicted molar refractivity (Wildman–Crippen MR) is 71.1 cm³/mol. The van der Waals surface area contributed by atoms with Crippen LogP contribution in [0.1, 0.15) is 12.5 Å². The van der Waals surface area contributed by atoms with Gasteiger partial charge in [-0.3, -0.25) is 0 Å². The molecular weight excluding hydrogens is 264 g/mol. The molecule has 0 atom stereocenters. The zero-order valence-corrected chi connectivity index (χ0v) is 10.6. The highest BCUT2D eigenvalue weighted by atomic mass is 19.3. The van der Waals surface area contributed by atoms with Gasteiger partial charge in [-0.1, -0.05) is 17.3 Å². The van der Waals surface area contributed by atoms with Crippen LogP contribution >= 0.6 is 0 Å². The third-order valence-electron chi connectivity index (χ3n) is 2.88. The van der Waals surface area contributed by atoms with Crippen LogP contribution in [0.25, 0.3) is 11.1 Å². The molecule has 1 aromatic carbocycles. The fraction of sp³-hybridized carbons (Fsp3) is 0.143. The molecule has 4 nitrogen and oxygen atoms in total. The lowest BCUT2D eigenvalue weighted by atomic mass is 10.1. The molecule has 3 rings (SSSR count). The summed E-state index contributed by atoms with van der Waals surface area (Å²) in [4.78, 5) is 4.01. The van der Waals surface area contributed by atoms with E-state index in [0.29, 0.717) is 22.6 Å². The lowest BCUT2D eigenvalue weighted by Gasteiger charge is -2.12. The maximum absolute atomic E-state index is 13.3. The van der Waals surface area contributed by atoms with E-state index in [-0.39, 0.29) is 5.56 Å². The summed E-state index contributed by atoms with van der Waals surface area (Å²) in [6, 6.07) is 9.56. The molecule has 0 radical (unpaired) electrons. The van der Waals surface area contributed by atoms with Crippen molar-refractivity contribution in [3.05, 3.63) is 48.2 Å². The van der Waals surface area contributed by atoms with Crippen molar-refractivity contribution >= 4 is 22.6 Å². The molecule has 2 aromatic heterocycles. The number of aromatic nitrogens is 2. The number of halogens is 2. The van der Waals surface area contributed by atoms with Crippen molar-refractivity contribution in [1.29, 1.82) is 0 Å². The van der Waals surface area contributed by atoms with Gasteiger partial charge in [-0.05, 0) is 24.3 Å². The Labute approximate surface area is 113 Å². The summed E-state index contributed by atoms with van der Waals surface area (Å²) in [7, 11) is 0. The summed E-state index contributed by atoms with van der Waals surface area (Å²) < 4.78 is 31.6. The predicted octanol–water partition coefficient (Wildman–Crippen LogP) is 4.08. The topological polar surface area (TPSA) is 51.0 Å². The number of fused-ring (bicyclic) bond motifs is 1. The smallest absolute Gasteiger partial charge is 0.270 e. The molecule has 3 aromatic rings. The van der Waals surface area contributed by atoms with Gasteiger partial charge in [0.05, 0.1) is 5.39 Å². The number of benzene rings is 1. The molecule has 2 heterocycles. The molecular formula is C14H11F2N3O. The maximum Gasteiger partial charge on any atom is 0.270 e. The largest absolute Gasteiger partial charge is 0.337 e. The van der Waals surface area contributed by atoms with E-state index in [1.54, 1.807) is 30.5 Å². The number of hydrogen-bond donors (Lipinski definition) is 1. The van der Waals surface area contributed by atoms with E-state index >= 15 is 0 Å². The Balaban J connectivity index is 1.95. The van der Waals surface area contributed by atoms with Crippen molar-refractivity contribution < 1.29 is 13.3 Å². The van der Waals surface area contributed by atoms with Crippen LogP contribution in [-0.4, -0.2) is 10.1 Å². The van der Waals surface area contributed by atoms with E-state index < -0.39 is 5.92 Å². The van der Waals surface area contributed by atoms with Gasteiger partial charge in [-0.2, -0.15) is 0 Å². The van der Waals surface area contributed by atoms with Crippen molar-refractivity contribution in [3.63, 3.8) is 0 Å². The number of hydrogen-bond acceptors (Lipinski definition) is 4. The molecule has 0 saturated heterocycles. The highest BCUT2D eigenvalue weighted by Crippen LogP contribution is 2.30. The first kappa shape index (κ1) is 12.5. The molecule has 0 bridgehead atoms. The van der Waals surface area contributed by atoms with Crippen LogP contribution in [0.3, 0.4) is 0 Å².